The Balaban J connectivity index is 1.72. The first-order chi connectivity index (χ1) is 7.86. The molecule has 0 heterocycles. The van der Waals surface area contributed by atoms with E-state index in [-0.39, 0.29) is 8.16 Å². The lowest BCUT2D eigenvalue weighted by molar-refractivity contribution is 0.486. The van der Waals surface area contributed by atoms with E-state index < -0.39 is 0 Å². The van der Waals surface area contributed by atoms with Gasteiger partial charge < -0.3 is 0 Å². The van der Waals surface area contributed by atoms with Crippen molar-refractivity contribution in [2.24, 2.45) is 0 Å². The Kier molecular flexibility index (Phi) is 5.37. The SMILES string of the molecule is SC1(S)CCC(SC2CCC(S)(S)CC2)CC1. The third-order valence-electron chi connectivity index (χ3n) is 3.85. The van der Waals surface area contributed by atoms with Gasteiger partial charge >= 0.3 is 0 Å². The number of thiol groups is 4. The second-order valence-corrected chi connectivity index (χ2v) is 11.2. The topological polar surface area (TPSA) is 0 Å². The van der Waals surface area contributed by atoms with Gasteiger partial charge in [0.1, 0.15) is 0 Å². The van der Waals surface area contributed by atoms with E-state index in [2.05, 4.69) is 62.3 Å². The molecule has 0 bridgehead atoms. The highest BCUT2D eigenvalue weighted by Gasteiger charge is 2.33. The third-order valence-corrected chi connectivity index (χ3v) is 7.35. The monoisotopic (exact) mass is 326 g/mol. The summed E-state index contributed by atoms with van der Waals surface area (Å²) in [6, 6.07) is 0. The molecule has 0 aliphatic heterocycles. The van der Waals surface area contributed by atoms with Gasteiger partial charge in [0.05, 0.1) is 8.16 Å². The summed E-state index contributed by atoms with van der Waals surface area (Å²) in [5.74, 6) is 0. The molecule has 2 aliphatic rings. The summed E-state index contributed by atoms with van der Waals surface area (Å²) in [5.41, 5.74) is 0. The van der Waals surface area contributed by atoms with Gasteiger partial charge in [0.15, 0.2) is 0 Å². The first kappa shape index (κ1) is 15.1. The summed E-state index contributed by atoms with van der Waals surface area (Å²) in [4.78, 5) is 0. The Morgan fingerprint density at radius 1 is 0.647 bits per heavy atom. The fourth-order valence-corrected chi connectivity index (χ4v) is 5.24. The summed E-state index contributed by atoms with van der Waals surface area (Å²) < 4.78 is -0.00997. The van der Waals surface area contributed by atoms with Crippen LogP contribution in [-0.4, -0.2) is 18.7 Å². The van der Waals surface area contributed by atoms with Crippen molar-refractivity contribution in [2.45, 2.75) is 70.0 Å². The first-order valence-electron chi connectivity index (χ1n) is 6.41. The molecule has 17 heavy (non-hydrogen) atoms. The van der Waals surface area contributed by atoms with E-state index >= 15 is 0 Å². The van der Waals surface area contributed by atoms with Gasteiger partial charge in [0, 0.05) is 10.5 Å². The smallest absolute Gasteiger partial charge is 0.0552 e. The lowest BCUT2D eigenvalue weighted by atomic mass is 9.98. The molecular weight excluding hydrogens is 304 g/mol. The maximum absolute atomic E-state index is 4.58. The highest BCUT2D eigenvalue weighted by atomic mass is 32.2. The zero-order chi connectivity index (χ0) is 12.5. The van der Waals surface area contributed by atoms with Crippen molar-refractivity contribution in [3.05, 3.63) is 0 Å². The summed E-state index contributed by atoms with van der Waals surface area (Å²) in [7, 11) is 0. The zero-order valence-corrected chi connectivity index (χ0v) is 14.4. The number of thioether (sulfide) groups is 1. The first-order valence-corrected chi connectivity index (χ1v) is 9.14. The molecule has 0 atom stereocenters. The largest absolute Gasteiger partial charge is 0.162 e. The molecule has 0 saturated heterocycles. The van der Waals surface area contributed by atoms with Gasteiger partial charge in [-0.05, 0) is 51.4 Å². The molecule has 0 spiro atoms. The van der Waals surface area contributed by atoms with Crippen molar-refractivity contribution < 1.29 is 0 Å². The van der Waals surface area contributed by atoms with Crippen LogP contribution in [0.3, 0.4) is 0 Å². The second-order valence-electron chi connectivity index (χ2n) is 5.50. The predicted molar refractivity (Wildman–Crippen MR) is 93.5 cm³/mol. The van der Waals surface area contributed by atoms with Gasteiger partial charge in [-0.25, -0.2) is 0 Å². The summed E-state index contributed by atoms with van der Waals surface area (Å²) in [6.45, 7) is 0. The molecule has 0 N–H and O–H groups in total. The molecule has 2 saturated carbocycles. The highest BCUT2D eigenvalue weighted by Crippen LogP contribution is 2.46. The van der Waals surface area contributed by atoms with Crippen LogP contribution in [0.1, 0.15) is 51.4 Å². The molecule has 2 rings (SSSR count). The van der Waals surface area contributed by atoms with Crippen LogP contribution < -0.4 is 0 Å². The number of hydrogen-bond donors (Lipinski definition) is 4. The lowest BCUT2D eigenvalue weighted by Crippen LogP contribution is -2.28. The lowest BCUT2D eigenvalue weighted by Gasteiger charge is -2.37. The van der Waals surface area contributed by atoms with Gasteiger partial charge in [0.25, 0.3) is 0 Å². The van der Waals surface area contributed by atoms with Crippen LogP contribution in [-0.2, 0) is 0 Å². The van der Waals surface area contributed by atoms with E-state index in [9.17, 15) is 0 Å². The average Bonchev–Trinajstić information content (AvgIpc) is 2.24. The van der Waals surface area contributed by atoms with Crippen LogP contribution in [0.15, 0.2) is 0 Å². The molecule has 0 aromatic rings. The van der Waals surface area contributed by atoms with Gasteiger partial charge in [-0.15, -0.1) is 0 Å². The Hall–Kier alpha value is 1.75. The van der Waals surface area contributed by atoms with Crippen molar-refractivity contribution in [3.8, 4) is 0 Å². The quantitative estimate of drug-likeness (QED) is 0.421. The minimum absolute atomic E-state index is 0.00498. The third kappa shape index (κ3) is 4.97. The van der Waals surface area contributed by atoms with Crippen molar-refractivity contribution in [1.29, 1.82) is 0 Å². The Labute approximate surface area is 131 Å². The van der Waals surface area contributed by atoms with E-state index in [1.54, 1.807) is 0 Å². The minimum Gasteiger partial charge on any atom is -0.162 e. The van der Waals surface area contributed by atoms with Gasteiger partial charge in [-0.3, -0.25) is 0 Å². The van der Waals surface area contributed by atoms with Crippen molar-refractivity contribution in [2.75, 3.05) is 0 Å². The number of hydrogen-bond acceptors (Lipinski definition) is 5. The van der Waals surface area contributed by atoms with Crippen LogP contribution >= 0.6 is 62.3 Å². The fraction of sp³-hybridized carbons (Fsp3) is 1.00. The van der Waals surface area contributed by atoms with Crippen LogP contribution in [0.25, 0.3) is 0 Å². The van der Waals surface area contributed by atoms with Crippen LogP contribution in [0, 0.1) is 0 Å². The molecule has 100 valence electrons. The van der Waals surface area contributed by atoms with Crippen molar-refractivity contribution in [1.82, 2.24) is 0 Å². The molecule has 0 aromatic heterocycles. The molecule has 2 fully saturated rings. The maximum atomic E-state index is 4.58. The molecule has 0 amide bonds. The molecule has 5 heteroatoms. The van der Waals surface area contributed by atoms with Gasteiger partial charge in [0.2, 0.25) is 0 Å². The molecule has 0 aromatic carbocycles. The normalized spacial score (nSPS) is 30.4. The van der Waals surface area contributed by atoms with E-state index in [0.717, 1.165) is 36.2 Å². The van der Waals surface area contributed by atoms with E-state index in [1.807, 2.05) is 0 Å². The Morgan fingerprint density at radius 3 is 1.24 bits per heavy atom. The highest BCUT2D eigenvalue weighted by molar-refractivity contribution is 8.01. The molecular formula is C12H22S5. The maximum Gasteiger partial charge on any atom is 0.0552 e. The van der Waals surface area contributed by atoms with E-state index in [0.29, 0.717) is 0 Å². The van der Waals surface area contributed by atoms with Crippen LogP contribution in [0.5, 0.6) is 0 Å². The van der Waals surface area contributed by atoms with Crippen molar-refractivity contribution >= 4 is 62.3 Å². The average molecular weight is 327 g/mol. The summed E-state index contributed by atoms with van der Waals surface area (Å²) >= 11 is 20.5. The second kappa shape index (κ2) is 6.02. The predicted octanol–water partition coefficient (Wildman–Crippen LogP) is 4.72. The van der Waals surface area contributed by atoms with Crippen molar-refractivity contribution in [3.63, 3.8) is 0 Å². The van der Waals surface area contributed by atoms with Crippen LogP contribution in [0.4, 0.5) is 0 Å². The van der Waals surface area contributed by atoms with E-state index in [4.69, 9.17) is 0 Å². The van der Waals surface area contributed by atoms with Gasteiger partial charge in [-0.2, -0.15) is 62.3 Å². The molecule has 0 unspecified atom stereocenters. The molecule has 0 nitrogen and oxygen atoms in total. The summed E-state index contributed by atoms with van der Waals surface area (Å²) in [6.07, 6.45) is 9.70. The van der Waals surface area contributed by atoms with E-state index in [1.165, 1.54) is 25.7 Å². The Morgan fingerprint density at radius 2 is 0.941 bits per heavy atom. The standard InChI is InChI=1S/C12H22S5/c13-11(14)5-1-9(2-6-11)17-10-3-7-12(15,16)8-4-10/h9-10,13-16H,1-8H2. The molecule has 0 radical (unpaired) electrons. The molecule has 2 aliphatic carbocycles. The van der Waals surface area contributed by atoms with Gasteiger partial charge in [-0.1, -0.05) is 0 Å². The number of rotatable bonds is 2. The fourth-order valence-electron chi connectivity index (χ4n) is 2.65. The summed E-state index contributed by atoms with van der Waals surface area (Å²) in [5, 5.41) is 1.67. The van der Waals surface area contributed by atoms with Crippen LogP contribution in [0.2, 0.25) is 0 Å². The zero-order valence-electron chi connectivity index (χ0n) is 10.0. The Bertz CT molecular complexity index is 218. The minimum atomic E-state index is -0.00498.